The van der Waals surface area contributed by atoms with Gasteiger partial charge < -0.3 is 15.4 Å². The summed E-state index contributed by atoms with van der Waals surface area (Å²) in [6.07, 6.45) is 4.99. The SMILES string of the molecule is CC(C)CC(CN=C(N)N1CCCCC1)N1CCOCC1.I. The van der Waals surface area contributed by atoms with Gasteiger partial charge in [0.05, 0.1) is 19.8 Å². The van der Waals surface area contributed by atoms with Crippen LogP contribution >= 0.6 is 24.0 Å². The summed E-state index contributed by atoms with van der Waals surface area (Å²) in [5.74, 6) is 1.43. The second-order valence-electron chi connectivity index (χ2n) is 6.68. The molecule has 0 aliphatic carbocycles. The number of nitrogens with two attached hydrogens (primary N) is 1. The molecule has 0 bridgehead atoms. The molecule has 6 heteroatoms. The fourth-order valence-corrected chi connectivity index (χ4v) is 3.25. The first-order chi connectivity index (χ1) is 10.2. The van der Waals surface area contributed by atoms with Crippen molar-refractivity contribution < 1.29 is 4.74 Å². The summed E-state index contributed by atoms with van der Waals surface area (Å²) in [7, 11) is 0. The Labute approximate surface area is 152 Å². The number of aliphatic imine (C=N–C) groups is 1. The Morgan fingerprint density at radius 2 is 1.73 bits per heavy atom. The first-order valence-corrected chi connectivity index (χ1v) is 8.53. The summed E-state index contributed by atoms with van der Waals surface area (Å²) in [6, 6.07) is 0.497. The molecule has 0 aromatic rings. The molecule has 2 N–H and O–H groups in total. The molecule has 2 aliphatic heterocycles. The van der Waals surface area contributed by atoms with Gasteiger partial charge in [0.15, 0.2) is 5.96 Å². The molecule has 2 rings (SSSR count). The monoisotopic (exact) mass is 424 g/mol. The Morgan fingerprint density at radius 1 is 1.09 bits per heavy atom. The van der Waals surface area contributed by atoms with Gasteiger partial charge in [0.25, 0.3) is 0 Å². The molecule has 0 radical (unpaired) electrons. The number of halogens is 1. The maximum absolute atomic E-state index is 6.19. The lowest BCUT2D eigenvalue weighted by atomic mass is 10.0. The van der Waals surface area contributed by atoms with Crippen molar-refractivity contribution in [2.24, 2.45) is 16.6 Å². The highest BCUT2D eigenvalue weighted by atomic mass is 127. The molecule has 2 aliphatic rings. The molecule has 1 unspecified atom stereocenters. The molecule has 5 nitrogen and oxygen atoms in total. The zero-order valence-electron chi connectivity index (χ0n) is 14.2. The van der Waals surface area contributed by atoms with Gasteiger partial charge >= 0.3 is 0 Å². The summed E-state index contributed by atoms with van der Waals surface area (Å²) >= 11 is 0. The Hall–Kier alpha value is -0.0800. The van der Waals surface area contributed by atoms with Crippen LogP contribution in [0, 0.1) is 5.92 Å². The van der Waals surface area contributed by atoms with Crippen molar-refractivity contribution in [1.29, 1.82) is 0 Å². The third-order valence-corrected chi connectivity index (χ3v) is 4.45. The van der Waals surface area contributed by atoms with E-state index in [2.05, 4.69) is 23.6 Å². The Bertz CT molecular complexity index is 326. The van der Waals surface area contributed by atoms with Gasteiger partial charge in [-0.1, -0.05) is 13.8 Å². The lowest BCUT2D eigenvalue weighted by Crippen LogP contribution is -2.46. The predicted molar refractivity (Wildman–Crippen MR) is 103 cm³/mol. The van der Waals surface area contributed by atoms with Gasteiger partial charge in [0.2, 0.25) is 0 Å². The highest BCUT2D eigenvalue weighted by Crippen LogP contribution is 2.14. The van der Waals surface area contributed by atoms with E-state index in [1.165, 1.54) is 25.7 Å². The molecule has 22 heavy (non-hydrogen) atoms. The molecule has 0 aromatic carbocycles. The molecule has 0 saturated carbocycles. The van der Waals surface area contributed by atoms with Crippen LogP contribution in [-0.2, 0) is 4.74 Å². The zero-order chi connectivity index (χ0) is 15.1. The number of piperidine rings is 1. The average Bonchev–Trinajstić information content (AvgIpc) is 2.52. The van der Waals surface area contributed by atoms with Crippen LogP contribution in [0.15, 0.2) is 4.99 Å². The summed E-state index contributed by atoms with van der Waals surface area (Å²) in [5, 5.41) is 0. The van der Waals surface area contributed by atoms with Crippen molar-refractivity contribution in [2.45, 2.75) is 45.6 Å². The van der Waals surface area contributed by atoms with Crippen LogP contribution in [0.1, 0.15) is 39.5 Å². The van der Waals surface area contributed by atoms with Gasteiger partial charge in [0, 0.05) is 32.2 Å². The van der Waals surface area contributed by atoms with Crippen molar-refractivity contribution >= 4 is 29.9 Å². The van der Waals surface area contributed by atoms with Crippen LogP contribution in [-0.4, -0.2) is 67.7 Å². The van der Waals surface area contributed by atoms with Gasteiger partial charge in [-0.3, -0.25) is 9.89 Å². The third kappa shape index (κ3) is 6.58. The topological polar surface area (TPSA) is 54.1 Å². The van der Waals surface area contributed by atoms with Crippen molar-refractivity contribution in [3.05, 3.63) is 0 Å². The normalized spacial score (nSPS) is 22.5. The Morgan fingerprint density at radius 3 is 2.32 bits per heavy atom. The minimum atomic E-state index is 0. The van der Waals surface area contributed by atoms with Gasteiger partial charge in [-0.05, 0) is 31.6 Å². The second kappa shape index (κ2) is 10.6. The fourth-order valence-electron chi connectivity index (χ4n) is 3.25. The molecule has 1 atom stereocenters. The molecule has 0 amide bonds. The standard InChI is InChI=1S/C16H32N4O.HI/c1-14(2)12-15(19-8-10-21-11-9-19)13-18-16(17)20-6-4-3-5-7-20;/h14-15H,3-13H2,1-2H3,(H2,17,18);1H. The van der Waals surface area contributed by atoms with Crippen molar-refractivity contribution in [3.63, 3.8) is 0 Å². The largest absolute Gasteiger partial charge is 0.379 e. The van der Waals surface area contributed by atoms with Crippen LogP contribution in [0.4, 0.5) is 0 Å². The summed E-state index contributed by atoms with van der Waals surface area (Å²) in [5.41, 5.74) is 6.19. The second-order valence-corrected chi connectivity index (χ2v) is 6.68. The predicted octanol–water partition coefficient (Wildman–Crippen LogP) is 2.15. The van der Waals surface area contributed by atoms with Gasteiger partial charge in [-0.25, -0.2) is 0 Å². The maximum Gasteiger partial charge on any atom is 0.191 e. The molecule has 130 valence electrons. The van der Waals surface area contributed by atoms with E-state index in [9.17, 15) is 0 Å². The van der Waals surface area contributed by atoms with Crippen LogP contribution in [0.3, 0.4) is 0 Å². The Balaban J connectivity index is 0.00000242. The minimum absolute atomic E-state index is 0. The first-order valence-electron chi connectivity index (χ1n) is 8.53. The van der Waals surface area contributed by atoms with E-state index >= 15 is 0 Å². The summed E-state index contributed by atoms with van der Waals surface area (Å²) < 4.78 is 5.47. The highest BCUT2D eigenvalue weighted by molar-refractivity contribution is 14.0. The van der Waals surface area contributed by atoms with Gasteiger partial charge in [-0.2, -0.15) is 0 Å². The zero-order valence-corrected chi connectivity index (χ0v) is 16.5. The molecule has 2 fully saturated rings. The third-order valence-electron chi connectivity index (χ3n) is 4.45. The van der Waals surface area contributed by atoms with Crippen molar-refractivity contribution in [1.82, 2.24) is 9.80 Å². The number of hydrogen-bond acceptors (Lipinski definition) is 3. The van der Waals surface area contributed by atoms with E-state index in [-0.39, 0.29) is 24.0 Å². The quantitative estimate of drug-likeness (QED) is 0.418. The highest BCUT2D eigenvalue weighted by Gasteiger charge is 2.22. The molecule has 0 spiro atoms. The molecular weight excluding hydrogens is 391 g/mol. The minimum Gasteiger partial charge on any atom is -0.379 e. The van der Waals surface area contributed by atoms with E-state index in [4.69, 9.17) is 15.5 Å². The molecule has 2 heterocycles. The maximum atomic E-state index is 6.19. The van der Waals surface area contributed by atoms with E-state index in [0.29, 0.717) is 12.0 Å². The van der Waals surface area contributed by atoms with Crippen molar-refractivity contribution in [3.8, 4) is 0 Å². The van der Waals surface area contributed by atoms with Crippen LogP contribution < -0.4 is 5.73 Å². The van der Waals surface area contributed by atoms with Gasteiger partial charge in [0.1, 0.15) is 0 Å². The van der Waals surface area contributed by atoms with Gasteiger partial charge in [-0.15, -0.1) is 24.0 Å². The molecular formula is C16H33IN4O. The fraction of sp³-hybridized carbons (Fsp3) is 0.938. The van der Waals surface area contributed by atoms with Crippen LogP contribution in [0.25, 0.3) is 0 Å². The van der Waals surface area contributed by atoms with E-state index in [1.54, 1.807) is 0 Å². The number of ether oxygens (including phenoxy) is 1. The van der Waals surface area contributed by atoms with E-state index < -0.39 is 0 Å². The first kappa shape index (κ1) is 20.0. The Kier molecular flexibility index (Phi) is 9.66. The number of likely N-dealkylation sites (tertiary alicyclic amines) is 1. The lowest BCUT2D eigenvalue weighted by Gasteiger charge is -2.35. The van der Waals surface area contributed by atoms with Crippen molar-refractivity contribution in [2.75, 3.05) is 45.9 Å². The number of hydrogen-bond donors (Lipinski definition) is 1. The summed E-state index contributed by atoms with van der Waals surface area (Å²) in [4.78, 5) is 9.48. The number of guanidine groups is 1. The van der Waals surface area contributed by atoms with E-state index in [0.717, 1.165) is 51.9 Å². The summed E-state index contributed by atoms with van der Waals surface area (Å²) in [6.45, 7) is 11.3. The number of morpholine rings is 1. The average molecular weight is 424 g/mol. The number of rotatable bonds is 5. The van der Waals surface area contributed by atoms with E-state index in [1.807, 2.05) is 0 Å². The lowest BCUT2D eigenvalue weighted by molar-refractivity contribution is 0.0142. The van der Waals surface area contributed by atoms with Crippen LogP contribution in [0.2, 0.25) is 0 Å². The smallest absolute Gasteiger partial charge is 0.191 e. The molecule has 2 saturated heterocycles. The van der Waals surface area contributed by atoms with Crippen LogP contribution in [0.5, 0.6) is 0 Å². The number of nitrogens with zero attached hydrogens (tertiary/aromatic N) is 3. The molecule has 0 aromatic heterocycles.